The molecular weight excluding hydrogens is 397 g/mol. The van der Waals surface area contributed by atoms with Crippen molar-refractivity contribution in [1.29, 1.82) is 0 Å². The molecule has 0 aliphatic rings. The van der Waals surface area contributed by atoms with Crippen LogP contribution in [0.5, 0.6) is 17.2 Å². The summed E-state index contributed by atoms with van der Waals surface area (Å²) >= 11 is 0. The van der Waals surface area contributed by atoms with E-state index in [0.717, 1.165) is 23.8 Å². The number of carbonyl (C=O) groups is 1. The number of phenolic OH excluding ortho intramolecular Hbond substituents is 1. The molecule has 160 valence electrons. The van der Waals surface area contributed by atoms with E-state index >= 15 is 0 Å². The molecule has 0 amide bonds. The normalized spacial score (nSPS) is 11.4. The number of alkyl halides is 3. The molecule has 0 atom stereocenters. The van der Waals surface area contributed by atoms with Gasteiger partial charge in [0.05, 0.1) is 19.8 Å². The lowest BCUT2D eigenvalue weighted by atomic mass is 9.99. The van der Waals surface area contributed by atoms with E-state index in [4.69, 9.17) is 9.47 Å². The van der Waals surface area contributed by atoms with Gasteiger partial charge in [-0.1, -0.05) is 29.9 Å². The Kier molecular flexibility index (Phi) is 7.32. The molecular formula is C23H23F3O4. The number of benzene rings is 2. The first-order valence-corrected chi connectivity index (χ1v) is 9.08. The Morgan fingerprint density at radius 3 is 2.33 bits per heavy atom. The van der Waals surface area contributed by atoms with Gasteiger partial charge in [0.15, 0.2) is 5.78 Å². The third-order valence-electron chi connectivity index (χ3n) is 4.37. The number of allylic oxidation sites excluding steroid dienone is 3. The van der Waals surface area contributed by atoms with Crippen molar-refractivity contribution >= 4 is 11.9 Å². The number of phenols is 1. The molecule has 0 fully saturated rings. The van der Waals surface area contributed by atoms with Crippen molar-refractivity contribution < 1.29 is 32.5 Å². The molecule has 4 nitrogen and oxygen atoms in total. The molecule has 1 N–H and O–H groups in total. The Balaban J connectivity index is 2.47. The smallest absolute Gasteiger partial charge is 0.416 e. The first kappa shape index (κ1) is 23.1. The van der Waals surface area contributed by atoms with Gasteiger partial charge in [-0.25, -0.2) is 0 Å². The summed E-state index contributed by atoms with van der Waals surface area (Å²) < 4.78 is 49.1. The SMILES string of the molecule is COc1cc(OC)c(C(=O)/C=C/c2cccc(C(F)(F)F)c2)c(O)c1CC=C(C)C. The van der Waals surface area contributed by atoms with Crippen LogP contribution in [0.2, 0.25) is 0 Å². The molecule has 30 heavy (non-hydrogen) atoms. The fourth-order valence-electron chi connectivity index (χ4n) is 2.82. The zero-order valence-electron chi connectivity index (χ0n) is 17.1. The molecule has 0 aliphatic heterocycles. The summed E-state index contributed by atoms with van der Waals surface area (Å²) in [6.45, 7) is 3.80. The molecule has 2 aromatic carbocycles. The lowest BCUT2D eigenvalue weighted by molar-refractivity contribution is -0.137. The minimum Gasteiger partial charge on any atom is -0.507 e. The van der Waals surface area contributed by atoms with Crippen molar-refractivity contribution in [3.8, 4) is 17.2 Å². The second kappa shape index (κ2) is 9.52. The van der Waals surface area contributed by atoms with Gasteiger partial charge < -0.3 is 14.6 Å². The second-order valence-electron chi connectivity index (χ2n) is 6.79. The van der Waals surface area contributed by atoms with E-state index < -0.39 is 17.5 Å². The summed E-state index contributed by atoms with van der Waals surface area (Å²) in [6, 6.07) is 6.10. The molecule has 0 aromatic heterocycles. The highest BCUT2D eigenvalue weighted by molar-refractivity contribution is 6.11. The Labute approximate surface area is 173 Å². The monoisotopic (exact) mass is 420 g/mol. The number of hydrogen-bond donors (Lipinski definition) is 1. The number of ketones is 1. The van der Waals surface area contributed by atoms with Gasteiger partial charge in [0.1, 0.15) is 22.8 Å². The average Bonchev–Trinajstić information content (AvgIpc) is 2.69. The molecule has 2 rings (SSSR count). The lowest BCUT2D eigenvalue weighted by Gasteiger charge is -2.15. The molecule has 7 heteroatoms. The van der Waals surface area contributed by atoms with Crippen molar-refractivity contribution in [3.05, 3.63) is 70.3 Å². The molecule has 0 unspecified atom stereocenters. The van der Waals surface area contributed by atoms with E-state index in [1.54, 1.807) is 0 Å². The fraction of sp³-hybridized carbons (Fsp3) is 0.261. The van der Waals surface area contributed by atoms with E-state index in [-0.39, 0.29) is 22.6 Å². The summed E-state index contributed by atoms with van der Waals surface area (Å²) in [7, 11) is 2.78. The standard InChI is InChI=1S/C23H23F3O4/c1-14(2)8-10-17-19(29-3)13-20(30-4)21(22(17)28)18(27)11-9-15-6-5-7-16(12-15)23(24,25)26/h5-9,11-13,28H,10H2,1-4H3/b11-9+. The first-order valence-electron chi connectivity index (χ1n) is 9.08. The van der Waals surface area contributed by atoms with Crippen LogP contribution in [0, 0.1) is 0 Å². The van der Waals surface area contributed by atoms with Crippen LogP contribution in [0.4, 0.5) is 13.2 Å². The molecule has 0 aliphatic carbocycles. The van der Waals surface area contributed by atoms with E-state index in [1.807, 2.05) is 19.9 Å². The van der Waals surface area contributed by atoms with Gasteiger partial charge in [-0.3, -0.25) is 4.79 Å². The molecule has 0 saturated heterocycles. The maximum Gasteiger partial charge on any atom is 0.416 e. The summed E-state index contributed by atoms with van der Waals surface area (Å²) in [5.41, 5.74) is 0.736. The van der Waals surface area contributed by atoms with E-state index in [9.17, 15) is 23.1 Å². The predicted octanol–water partition coefficient (Wildman–Crippen LogP) is 5.83. The van der Waals surface area contributed by atoms with Crippen LogP contribution < -0.4 is 9.47 Å². The topological polar surface area (TPSA) is 55.8 Å². The number of rotatable bonds is 7. The minimum atomic E-state index is -4.48. The molecule has 0 saturated carbocycles. The quantitative estimate of drug-likeness (QED) is 0.348. The maximum absolute atomic E-state index is 12.9. The molecule has 2 aromatic rings. The predicted molar refractivity (Wildman–Crippen MR) is 109 cm³/mol. The second-order valence-corrected chi connectivity index (χ2v) is 6.79. The van der Waals surface area contributed by atoms with Crippen molar-refractivity contribution in [2.24, 2.45) is 0 Å². The van der Waals surface area contributed by atoms with Gasteiger partial charge in [0.2, 0.25) is 0 Å². The number of hydrogen-bond acceptors (Lipinski definition) is 4. The zero-order valence-corrected chi connectivity index (χ0v) is 17.1. The van der Waals surface area contributed by atoms with Crippen molar-refractivity contribution in [2.45, 2.75) is 26.4 Å². The van der Waals surface area contributed by atoms with Gasteiger partial charge >= 0.3 is 6.18 Å². The van der Waals surface area contributed by atoms with Crippen LogP contribution in [-0.4, -0.2) is 25.1 Å². The first-order chi connectivity index (χ1) is 14.1. The van der Waals surface area contributed by atoms with Crippen molar-refractivity contribution in [3.63, 3.8) is 0 Å². The number of methoxy groups -OCH3 is 2. The highest BCUT2D eigenvalue weighted by atomic mass is 19.4. The summed E-state index contributed by atoms with van der Waals surface area (Å²) in [6.07, 6.45) is 0.0849. The van der Waals surface area contributed by atoms with Gasteiger partial charge in [0.25, 0.3) is 0 Å². The highest BCUT2D eigenvalue weighted by Gasteiger charge is 2.30. The van der Waals surface area contributed by atoms with Crippen LogP contribution >= 0.6 is 0 Å². The molecule has 0 heterocycles. The van der Waals surface area contributed by atoms with E-state index in [2.05, 4.69) is 0 Å². The van der Waals surface area contributed by atoms with E-state index in [0.29, 0.717) is 17.7 Å². The van der Waals surface area contributed by atoms with Crippen LogP contribution in [0.25, 0.3) is 6.08 Å². The van der Waals surface area contributed by atoms with Crippen LogP contribution in [0.1, 0.15) is 40.9 Å². The van der Waals surface area contributed by atoms with E-state index in [1.165, 1.54) is 38.5 Å². The summed E-state index contributed by atoms with van der Waals surface area (Å²) in [5.74, 6) is -0.436. The zero-order chi connectivity index (χ0) is 22.5. The van der Waals surface area contributed by atoms with Crippen molar-refractivity contribution in [1.82, 2.24) is 0 Å². The average molecular weight is 420 g/mol. The molecule has 0 radical (unpaired) electrons. The molecule has 0 spiro atoms. The third kappa shape index (κ3) is 5.43. The Morgan fingerprint density at radius 2 is 1.77 bits per heavy atom. The van der Waals surface area contributed by atoms with Crippen LogP contribution in [0.15, 0.2) is 48.1 Å². The number of aromatic hydroxyl groups is 1. The van der Waals surface area contributed by atoms with Crippen LogP contribution in [-0.2, 0) is 12.6 Å². The Morgan fingerprint density at radius 1 is 1.10 bits per heavy atom. The van der Waals surface area contributed by atoms with Gasteiger partial charge in [0, 0.05) is 11.6 Å². The van der Waals surface area contributed by atoms with Crippen molar-refractivity contribution in [2.75, 3.05) is 14.2 Å². The number of halogens is 3. The number of ether oxygens (including phenoxy) is 2. The summed E-state index contributed by atoms with van der Waals surface area (Å²) in [4.78, 5) is 12.8. The Hall–Kier alpha value is -3.22. The Bertz CT molecular complexity index is 985. The fourth-order valence-corrected chi connectivity index (χ4v) is 2.82. The maximum atomic E-state index is 12.9. The highest BCUT2D eigenvalue weighted by Crippen LogP contribution is 2.39. The molecule has 0 bridgehead atoms. The number of carbonyl (C=O) groups excluding carboxylic acids is 1. The lowest BCUT2D eigenvalue weighted by Crippen LogP contribution is -2.05. The largest absolute Gasteiger partial charge is 0.507 e. The third-order valence-corrected chi connectivity index (χ3v) is 4.37. The van der Waals surface area contributed by atoms with Gasteiger partial charge in [-0.15, -0.1) is 0 Å². The van der Waals surface area contributed by atoms with Gasteiger partial charge in [-0.2, -0.15) is 13.2 Å². The minimum absolute atomic E-state index is 0.0846. The van der Waals surface area contributed by atoms with Crippen LogP contribution in [0.3, 0.4) is 0 Å². The summed E-state index contributed by atoms with van der Waals surface area (Å²) in [5, 5.41) is 10.8. The van der Waals surface area contributed by atoms with Gasteiger partial charge in [-0.05, 0) is 44.0 Å².